The van der Waals surface area contributed by atoms with Crippen LogP contribution < -0.4 is 5.32 Å². The van der Waals surface area contributed by atoms with Crippen molar-refractivity contribution in [2.24, 2.45) is 9.98 Å². The van der Waals surface area contributed by atoms with Crippen LogP contribution in [0.5, 0.6) is 0 Å². The highest BCUT2D eigenvalue weighted by Gasteiger charge is 2.27. The van der Waals surface area contributed by atoms with Crippen molar-refractivity contribution in [3.8, 4) is 11.1 Å². The van der Waals surface area contributed by atoms with Gasteiger partial charge in [0, 0.05) is 58.4 Å². The van der Waals surface area contributed by atoms with Gasteiger partial charge in [-0.1, -0.05) is 115 Å². The average molecular weight is 724 g/mol. The number of hydrogen-bond acceptors (Lipinski definition) is 6. The number of fused-ring (bicyclic) bond motifs is 10. The second-order valence-corrected chi connectivity index (χ2v) is 15.2. The monoisotopic (exact) mass is 723 g/mol. The van der Waals surface area contributed by atoms with E-state index < -0.39 is 6.17 Å². The van der Waals surface area contributed by atoms with Gasteiger partial charge < -0.3 is 14.2 Å². The van der Waals surface area contributed by atoms with Crippen LogP contribution in [0, 0.1) is 0 Å². The van der Waals surface area contributed by atoms with Crippen LogP contribution >= 0.6 is 11.3 Å². The Bertz CT molecular complexity index is 3440. The summed E-state index contributed by atoms with van der Waals surface area (Å²) in [5, 5.41) is 12.7. The number of hydrogen-bond donors (Lipinski definition) is 1. The number of furan rings is 2. The molecule has 258 valence electrons. The van der Waals surface area contributed by atoms with Crippen LogP contribution in [-0.4, -0.2) is 11.7 Å². The molecule has 1 aliphatic heterocycles. The van der Waals surface area contributed by atoms with Gasteiger partial charge in [0.1, 0.15) is 28.2 Å². The highest BCUT2D eigenvalue weighted by atomic mass is 32.1. The number of nitrogens with zero attached hydrogens (tertiary/aromatic N) is 2. The lowest BCUT2D eigenvalue weighted by atomic mass is 9.96. The second kappa shape index (κ2) is 11.7. The Hall–Kier alpha value is -7.02. The summed E-state index contributed by atoms with van der Waals surface area (Å²) < 4.78 is 15.7. The van der Waals surface area contributed by atoms with Crippen molar-refractivity contribution in [1.29, 1.82) is 0 Å². The predicted octanol–water partition coefficient (Wildman–Crippen LogP) is 13.2. The lowest BCUT2D eigenvalue weighted by molar-refractivity contribution is 0.628. The van der Waals surface area contributed by atoms with E-state index in [-0.39, 0.29) is 0 Å². The fourth-order valence-electron chi connectivity index (χ4n) is 8.30. The predicted molar refractivity (Wildman–Crippen MR) is 229 cm³/mol. The third kappa shape index (κ3) is 4.78. The zero-order chi connectivity index (χ0) is 36.0. The van der Waals surface area contributed by atoms with E-state index in [0.717, 1.165) is 82.9 Å². The highest BCUT2D eigenvalue weighted by Crippen LogP contribution is 2.41. The molecule has 0 bridgehead atoms. The van der Waals surface area contributed by atoms with Crippen molar-refractivity contribution in [3.63, 3.8) is 0 Å². The van der Waals surface area contributed by atoms with Gasteiger partial charge in [-0.3, -0.25) is 0 Å². The van der Waals surface area contributed by atoms with Gasteiger partial charge in [0.15, 0.2) is 12.0 Å². The number of amidine groups is 2. The van der Waals surface area contributed by atoms with Gasteiger partial charge in [0.2, 0.25) is 0 Å². The molecule has 11 aromatic rings. The topological polar surface area (TPSA) is 63.0 Å². The normalized spacial score (nSPS) is 14.7. The van der Waals surface area contributed by atoms with E-state index in [1.165, 1.54) is 25.6 Å². The number of nitrogens with one attached hydrogen (secondary N) is 1. The number of thiophene rings is 1. The van der Waals surface area contributed by atoms with Crippen molar-refractivity contribution in [3.05, 3.63) is 180 Å². The van der Waals surface area contributed by atoms with E-state index in [0.29, 0.717) is 5.84 Å². The van der Waals surface area contributed by atoms with Crippen LogP contribution in [0.15, 0.2) is 183 Å². The fourth-order valence-corrected chi connectivity index (χ4v) is 9.39. The van der Waals surface area contributed by atoms with E-state index in [1.807, 2.05) is 35.6 Å². The highest BCUT2D eigenvalue weighted by molar-refractivity contribution is 7.25. The summed E-state index contributed by atoms with van der Waals surface area (Å²) in [6.45, 7) is 0. The Morgan fingerprint density at radius 3 is 2.13 bits per heavy atom. The summed E-state index contributed by atoms with van der Waals surface area (Å²) in [4.78, 5) is 10.8. The molecule has 1 aliphatic rings. The van der Waals surface area contributed by atoms with Crippen molar-refractivity contribution >= 4 is 97.8 Å². The Kier molecular flexibility index (Phi) is 6.50. The quantitative estimate of drug-likeness (QED) is 0.197. The van der Waals surface area contributed by atoms with Gasteiger partial charge in [0.25, 0.3) is 0 Å². The van der Waals surface area contributed by atoms with Crippen molar-refractivity contribution in [1.82, 2.24) is 5.32 Å². The molecular formula is C49H29N3O2S. The number of benzene rings is 8. The second-order valence-electron chi connectivity index (χ2n) is 14.1. The maximum Gasteiger partial charge on any atom is 0.160 e. The molecule has 0 radical (unpaired) electrons. The first-order valence-electron chi connectivity index (χ1n) is 18.4. The van der Waals surface area contributed by atoms with E-state index in [9.17, 15) is 0 Å². The summed E-state index contributed by atoms with van der Waals surface area (Å²) in [6.07, 6.45) is -0.483. The summed E-state index contributed by atoms with van der Waals surface area (Å²) in [5.74, 6) is 1.37. The molecule has 5 nitrogen and oxygen atoms in total. The molecule has 0 spiro atoms. The molecule has 3 aromatic heterocycles. The zero-order valence-corrected chi connectivity index (χ0v) is 30.1. The van der Waals surface area contributed by atoms with Gasteiger partial charge >= 0.3 is 0 Å². The zero-order valence-electron chi connectivity index (χ0n) is 29.3. The number of rotatable bonds is 4. The summed E-state index contributed by atoms with van der Waals surface area (Å²) in [5.41, 5.74) is 8.27. The molecule has 0 aliphatic carbocycles. The lowest BCUT2D eigenvalue weighted by Gasteiger charge is -2.24. The molecule has 12 rings (SSSR count). The van der Waals surface area contributed by atoms with Crippen LogP contribution in [0.4, 0.5) is 0 Å². The summed E-state index contributed by atoms with van der Waals surface area (Å²) in [7, 11) is 0. The molecule has 8 aromatic carbocycles. The van der Waals surface area contributed by atoms with Crippen LogP contribution in [-0.2, 0) is 0 Å². The van der Waals surface area contributed by atoms with Gasteiger partial charge in [-0.15, -0.1) is 11.3 Å². The first kappa shape index (κ1) is 30.4. The molecule has 0 amide bonds. The maximum absolute atomic E-state index is 6.62. The van der Waals surface area contributed by atoms with E-state index in [4.69, 9.17) is 18.8 Å². The van der Waals surface area contributed by atoms with Crippen LogP contribution in [0.2, 0.25) is 0 Å². The molecule has 0 saturated heterocycles. The lowest BCUT2D eigenvalue weighted by Crippen LogP contribution is -2.33. The van der Waals surface area contributed by atoms with Crippen LogP contribution in [0.3, 0.4) is 0 Å². The molecule has 1 atom stereocenters. The van der Waals surface area contributed by atoms with E-state index in [1.54, 1.807) is 0 Å². The fraction of sp³-hybridized carbons (Fsp3) is 0.0204. The van der Waals surface area contributed by atoms with Crippen molar-refractivity contribution in [2.75, 3.05) is 0 Å². The van der Waals surface area contributed by atoms with Gasteiger partial charge in [-0.05, 0) is 70.4 Å². The van der Waals surface area contributed by atoms with E-state index in [2.05, 4.69) is 145 Å². The minimum atomic E-state index is -0.483. The average Bonchev–Trinajstić information content (AvgIpc) is 3.94. The molecule has 55 heavy (non-hydrogen) atoms. The minimum absolute atomic E-state index is 0.483. The third-order valence-electron chi connectivity index (χ3n) is 10.9. The largest absolute Gasteiger partial charge is 0.456 e. The van der Waals surface area contributed by atoms with Gasteiger partial charge in [-0.2, -0.15) is 0 Å². The SMILES string of the molecule is c1ccc2cc(C3=NC(c4cc(-c5ccc6sc7ccccc7c6c5)cc5oc6ccccc6c45)=NC(c4cccc5c4oc4ccccc45)N3)ccc2c1. The van der Waals surface area contributed by atoms with Gasteiger partial charge in [-0.25, -0.2) is 9.98 Å². The molecule has 1 unspecified atom stereocenters. The molecule has 0 fully saturated rings. The summed E-state index contributed by atoms with van der Waals surface area (Å²) in [6, 6.07) is 57.4. The van der Waals surface area contributed by atoms with E-state index >= 15 is 0 Å². The Morgan fingerprint density at radius 1 is 0.491 bits per heavy atom. The number of para-hydroxylation sites is 3. The van der Waals surface area contributed by atoms with Crippen molar-refractivity contribution in [2.45, 2.75) is 6.17 Å². The molecule has 4 heterocycles. The standard InChI is InChI=1S/C49H29N3O2S/c1-2-11-29-24-31(21-20-28(29)10-1)47-50-48(37-16-9-15-35-33-12-3-6-17-40(33)54-46(35)37)52-49(51-47)39-26-32(27-42-45(39)36-14-4-7-18-41(36)53-42)30-22-23-44-38(25-30)34-13-5-8-19-43(34)55-44/h1-27,48H,(H,50,51,52). The van der Waals surface area contributed by atoms with Crippen LogP contribution in [0.25, 0.3) is 85.9 Å². The Labute approximate surface area is 318 Å². The molecule has 6 heteroatoms. The van der Waals surface area contributed by atoms with Crippen LogP contribution in [0.1, 0.15) is 22.9 Å². The maximum atomic E-state index is 6.62. The third-order valence-corrected chi connectivity index (χ3v) is 12.1. The molecule has 1 N–H and O–H groups in total. The Morgan fingerprint density at radius 2 is 1.22 bits per heavy atom. The minimum Gasteiger partial charge on any atom is -0.456 e. The van der Waals surface area contributed by atoms with Gasteiger partial charge in [0.05, 0.1) is 0 Å². The molecular weight excluding hydrogens is 695 g/mol. The molecule has 0 saturated carbocycles. The van der Waals surface area contributed by atoms with Crippen molar-refractivity contribution < 1.29 is 8.83 Å². The smallest absolute Gasteiger partial charge is 0.160 e. The summed E-state index contributed by atoms with van der Waals surface area (Å²) >= 11 is 1.83. The Balaban J connectivity index is 1.11. The first-order chi connectivity index (χ1) is 27.2. The number of aliphatic imine (C=N–C) groups is 2. The first-order valence-corrected chi connectivity index (χ1v) is 19.2.